The van der Waals surface area contributed by atoms with Crippen LogP contribution in [0.3, 0.4) is 0 Å². The Labute approximate surface area is 127 Å². The second-order valence-electron chi connectivity index (χ2n) is 5.67. The Morgan fingerprint density at radius 2 is 1.90 bits per heavy atom. The third kappa shape index (κ3) is 3.87. The van der Waals surface area contributed by atoms with Gasteiger partial charge in [0.1, 0.15) is 0 Å². The molecule has 0 saturated carbocycles. The van der Waals surface area contributed by atoms with Crippen LogP contribution in [0.4, 0.5) is 5.69 Å². The molecule has 20 heavy (non-hydrogen) atoms. The van der Waals surface area contributed by atoms with E-state index in [0.29, 0.717) is 6.04 Å². The van der Waals surface area contributed by atoms with Gasteiger partial charge in [0.2, 0.25) is 0 Å². The number of halogens is 1. The van der Waals surface area contributed by atoms with E-state index in [1.54, 1.807) is 0 Å². The highest BCUT2D eigenvalue weighted by Gasteiger charge is 2.20. The lowest BCUT2D eigenvalue weighted by atomic mass is 10.1. The Balaban J connectivity index is 2.09. The average molecular weight is 296 g/mol. The van der Waals surface area contributed by atoms with Crippen LogP contribution in [0.2, 0.25) is 5.02 Å². The minimum absolute atomic E-state index is 0.637. The van der Waals surface area contributed by atoms with E-state index in [0.717, 1.165) is 44.3 Å². The number of benzene rings is 1. The third-order valence-electron chi connectivity index (χ3n) is 4.00. The molecule has 1 aliphatic rings. The van der Waals surface area contributed by atoms with Crippen LogP contribution in [0.1, 0.15) is 26.3 Å². The molecule has 3 nitrogen and oxygen atoms in total. The summed E-state index contributed by atoms with van der Waals surface area (Å²) in [4.78, 5) is 5.00. The second-order valence-corrected chi connectivity index (χ2v) is 6.11. The Morgan fingerprint density at radius 1 is 1.20 bits per heavy atom. The van der Waals surface area contributed by atoms with Gasteiger partial charge in [0.15, 0.2) is 0 Å². The summed E-state index contributed by atoms with van der Waals surface area (Å²) < 4.78 is 0. The molecule has 1 aromatic carbocycles. The Kier molecular flexibility index (Phi) is 5.70. The van der Waals surface area contributed by atoms with Crippen LogP contribution in [0.5, 0.6) is 0 Å². The Morgan fingerprint density at radius 3 is 2.50 bits per heavy atom. The van der Waals surface area contributed by atoms with Gasteiger partial charge in [-0.1, -0.05) is 24.6 Å². The number of anilines is 1. The predicted octanol–water partition coefficient (Wildman–Crippen LogP) is 2.98. The van der Waals surface area contributed by atoms with E-state index < -0.39 is 0 Å². The molecule has 0 aliphatic carbocycles. The molecule has 0 amide bonds. The molecule has 0 spiro atoms. The number of hydrogen-bond acceptors (Lipinski definition) is 3. The SMILES string of the molecule is CCNCc1ccc(Cl)cc1N1CCN(C(C)C)CC1. The van der Waals surface area contributed by atoms with Gasteiger partial charge >= 0.3 is 0 Å². The van der Waals surface area contributed by atoms with Crippen molar-refractivity contribution in [1.82, 2.24) is 10.2 Å². The standard InChI is InChI=1S/C16H26ClN3/c1-4-18-12-14-5-6-15(17)11-16(14)20-9-7-19(8-10-20)13(2)3/h5-6,11,13,18H,4,7-10,12H2,1-3H3. The largest absolute Gasteiger partial charge is 0.369 e. The normalized spacial score (nSPS) is 16.9. The summed E-state index contributed by atoms with van der Waals surface area (Å²) in [6.07, 6.45) is 0. The zero-order valence-corrected chi connectivity index (χ0v) is 13.6. The lowest BCUT2D eigenvalue weighted by Gasteiger charge is -2.39. The van der Waals surface area contributed by atoms with Gasteiger partial charge < -0.3 is 10.2 Å². The van der Waals surface area contributed by atoms with Crippen LogP contribution in [0.15, 0.2) is 18.2 Å². The molecule has 0 radical (unpaired) electrons. The predicted molar refractivity (Wildman–Crippen MR) is 87.8 cm³/mol. The molecule has 0 bridgehead atoms. The van der Waals surface area contributed by atoms with Crippen molar-refractivity contribution >= 4 is 17.3 Å². The number of nitrogens with one attached hydrogen (secondary N) is 1. The van der Waals surface area contributed by atoms with Gasteiger partial charge in [0, 0.05) is 49.5 Å². The molecule has 0 unspecified atom stereocenters. The highest BCUT2D eigenvalue weighted by molar-refractivity contribution is 6.30. The molecule has 2 rings (SSSR count). The van der Waals surface area contributed by atoms with Crippen LogP contribution in [-0.4, -0.2) is 43.7 Å². The number of rotatable bonds is 5. The molecule has 1 heterocycles. The Hall–Kier alpha value is -0.770. The van der Waals surface area contributed by atoms with E-state index in [4.69, 9.17) is 11.6 Å². The summed E-state index contributed by atoms with van der Waals surface area (Å²) in [5.41, 5.74) is 2.64. The fraction of sp³-hybridized carbons (Fsp3) is 0.625. The van der Waals surface area contributed by atoms with Gasteiger partial charge in [0.05, 0.1) is 0 Å². The second kappa shape index (κ2) is 7.30. The van der Waals surface area contributed by atoms with Crippen LogP contribution >= 0.6 is 11.6 Å². The molecule has 112 valence electrons. The zero-order chi connectivity index (χ0) is 14.5. The fourth-order valence-corrected chi connectivity index (χ4v) is 2.89. The third-order valence-corrected chi connectivity index (χ3v) is 4.23. The average Bonchev–Trinajstić information content (AvgIpc) is 2.46. The lowest BCUT2D eigenvalue weighted by molar-refractivity contribution is 0.209. The van der Waals surface area contributed by atoms with Crippen LogP contribution in [-0.2, 0) is 6.54 Å². The van der Waals surface area contributed by atoms with Crippen molar-refractivity contribution in [3.8, 4) is 0 Å². The van der Waals surface area contributed by atoms with E-state index in [2.05, 4.69) is 48.0 Å². The van der Waals surface area contributed by atoms with E-state index in [-0.39, 0.29) is 0 Å². The van der Waals surface area contributed by atoms with Gasteiger partial charge in [-0.15, -0.1) is 0 Å². The van der Waals surface area contributed by atoms with Gasteiger partial charge in [-0.3, -0.25) is 4.90 Å². The summed E-state index contributed by atoms with van der Waals surface area (Å²) in [7, 11) is 0. The van der Waals surface area contributed by atoms with Gasteiger partial charge in [-0.05, 0) is 38.1 Å². The summed E-state index contributed by atoms with van der Waals surface area (Å²) in [5, 5.41) is 4.24. The number of hydrogen-bond donors (Lipinski definition) is 1. The first-order chi connectivity index (χ1) is 9.61. The maximum absolute atomic E-state index is 6.19. The summed E-state index contributed by atoms with van der Waals surface area (Å²) >= 11 is 6.19. The number of nitrogens with zero attached hydrogens (tertiary/aromatic N) is 2. The van der Waals surface area contributed by atoms with E-state index >= 15 is 0 Å². The van der Waals surface area contributed by atoms with Crippen molar-refractivity contribution in [2.24, 2.45) is 0 Å². The highest BCUT2D eigenvalue weighted by Crippen LogP contribution is 2.26. The topological polar surface area (TPSA) is 18.5 Å². The lowest BCUT2D eigenvalue weighted by Crippen LogP contribution is -2.49. The summed E-state index contributed by atoms with van der Waals surface area (Å²) in [6, 6.07) is 6.88. The Bertz CT molecular complexity index is 426. The van der Waals surface area contributed by atoms with Crippen LogP contribution in [0, 0.1) is 0 Å². The first-order valence-electron chi connectivity index (χ1n) is 7.60. The maximum atomic E-state index is 6.19. The molecule has 0 atom stereocenters. The molecule has 1 aromatic rings. The minimum Gasteiger partial charge on any atom is -0.369 e. The van der Waals surface area contributed by atoms with Crippen molar-refractivity contribution in [2.45, 2.75) is 33.4 Å². The highest BCUT2D eigenvalue weighted by atomic mass is 35.5. The van der Waals surface area contributed by atoms with Crippen molar-refractivity contribution < 1.29 is 0 Å². The van der Waals surface area contributed by atoms with Crippen molar-refractivity contribution in [3.63, 3.8) is 0 Å². The van der Waals surface area contributed by atoms with Crippen LogP contribution in [0.25, 0.3) is 0 Å². The van der Waals surface area contributed by atoms with Gasteiger partial charge in [0.25, 0.3) is 0 Å². The summed E-state index contributed by atoms with van der Waals surface area (Å²) in [5.74, 6) is 0. The maximum Gasteiger partial charge on any atom is 0.0427 e. The monoisotopic (exact) mass is 295 g/mol. The molecule has 1 N–H and O–H groups in total. The first-order valence-corrected chi connectivity index (χ1v) is 7.97. The fourth-order valence-electron chi connectivity index (χ4n) is 2.72. The van der Waals surface area contributed by atoms with Crippen molar-refractivity contribution in [1.29, 1.82) is 0 Å². The molecule has 4 heteroatoms. The molecular formula is C16H26ClN3. The molecule has 1 fully saturated rings. The molecule has 1 saturated heterocycles. The molecule has 0 aromatic heterocycles. The van der Waals surface area contributed by atoms with Gasteiger partial charge in [-0.2, -0.15) is 0 Å². The smallest absolute Gasteiger partial charge is 0.0427 e. The minimum atomic E-state index is 0.637. The zero-order valence-electron chi connectivity index (χ0n) is 12.8. The first kappa shape index (κ1) is 15.6. The summed E-state index contributed by atoms with van der Waals surface area (Å²) in [6.45, 7) is 13.0. The molecule has 1 aliphatic heterocycles. The molecular weight excluding hydrogens is 270 g/mol. The van der Waals surface area contributed by atoms with Crippen molar-refractivity contribution in [3.05, 3.63) is 28.8 Å². The van der Waals surface area contributed by atoms with Crippen LogP contribution < -0.4 is 10.2 Å². The van der Waals surface area contributed by atoms with Gasteiger partial charge in [-0.25, -0.2) is 0 Å². The van der Waals surface area contributed by atoms with Crippen molar-refractivity contribution in [2.75, 3.05) is 37.6 Å². The van der Waals surface area contributed by atoms with E-state index in [1.807, 2.05) is 6.07 Å². The van der Waals surface area contributed by atoms with E-state index in [9.17, 15) is 0 Å². The quantitative estimate of drug-likeness (QED) is 0.901. The number of piperazine rings is 1. The van der Waals surface area contributed by atoms with E-state index in [1.165, 1.54) is 11.3 Å².